The SMILES string of the molecule is CC(C)(COP(=O)(O)OP(=O)(O)OC[C@H]1O[C@@H](n2cnc3c(N)ncnc32)[C@H](O)[C@@H]1OP(=O)(O)O)[C@@H](O)C(=O)NCCC(=O)NCCSCCCCCCCCCN. The zero-order chi connectivity index (χ0) is 43.1. The molecule has 2 unspecified atom stereocenters. The maximum Gasteiger partial charge on any atom is 0.481 e. The van der Waals surface area contributed by atoms with Gasteiger partial charge in [-0.05, 0) is 25.1 Å². The average molecular weight is 909 g/mol. The fourth-order valence-electron chi connectivity index (χ4n) is 5.54. The number of fused-ring (bicyclic) bond motifs is 1. The third-order valence-corrected chi connectivity index (χ3v) is 12.8. The number of hydrogen-bond donors (Lipinski definition) is 10. The highest BCUT2D eigenvalue weighted by atomic mass is 32.2. The molecule has 0 aliphatic carbocycles. The number of aromatic nitrogens is 4. The van der Waals surface area contributed by atoms with E-state index in [1.54, 1.807) is 11.8 Å². The summed E-state index contributed by atoms with van der Waals surface area (Å²) in [7, 11) is -16.3. The van der Waals surface area contributed by atoms with Gasteiger partial charge < -0.3 is 56.6 Å². The highest BCUT2D eigenvalue weighted by Crippen LogP contribution is 2.61. The van der Waals surface area contributed by atoms with Crippen molar-refractivity contribution >= 4 is 64.0 Å². The Kier molecular flexibility index (Phi) is 20.1. The van der Waals surface area contributed by atoms with Crippen molar-refractivity contribution in [2.75, 3.05) is 50.1 Å². The Morgan fingerprint density at radius 1 is 0.966 bits per heavy atom. The molecule has 0 bridgehead atoms. The van der Waals surface area contributed by atoms with Crippen LogP contribution < -0.4 is 22.1 Å². The van der Waals surface area contributed by atoms with Gasteiger partial charge in [0.1, 0.15) is 36.3 Å². The number of nitrogen functional groups attached to an aromatic ring is 1. The average Bonchev–Trinajstić information content (AvgIpc) is 3.70. The summed E-state index contributed by atoms with van der Waals surface area (Å²) in [5, 5.41) is 26.6. The van der Waals surface area contributed by atoms with Crippen LogP contribution in [0.2, 0.25) is 0 Å². The number of anilines is 1. The molecule has 3 heterocycles. The predicted molar refractivity (Wildman–Crippen MR) is 208 cm³/mol. The normalized spacial score (nSPS) is 21.4. The molecule has 1 aliphatic rings. The fourth-order valence-corrected chi connectivity index (χ4v) is 9.22. The third kappa shape index (κ3) is 16.7. The van der Waals surface area contributed by atoms with Crippen molar-refractivity contribution in [2.24, 2.45) is 11.1 Å². The lowest BCUT2D eigenvalue weighted by Gasteiger charge is -2.30. The summed E-state index contributed by atoms with van der Waals surface area (Å²) in [5.41, 5.74) is 9.82. The lowest BCUT2D eigenvalue weighted by Crippen LogP contribution is -2.46. The predicted octanol–water partition coefficient (Wildman–Crippen LogP) is 0.828. The topological polar surface area (TPSA) is 373 Å². The van der Waals surface area contributed by atoms with E-state index in [1.165, 1.54) is 46.0 Å². The first-order valence-corrected chi connectivity index (χ1v) is 24.0. The summed E-state index contributed by atoms with van der Waals surface area (Å²) in [5.74, 6) is 0.471. The second-order valence-electron chi connectivity index (χ2n) is 13.9. The van der Waals surface area contributed by atoms with Gasteiger partial charge in [-0.2, -0.15) is 16.1 Å². The van der Waals surface area contributed by atoms with Gasteiger partial charge in [-0.3, -0.25) is 27.7 Å². The highest BCUT2D eigenvalue weighted by Gasteiger charge is 2.50. The number of rotatable bonds is 28. The Morgan fingerprint density at radius 2 is 1.62 bits per heavy atom. The second kappa shape index (κ2) is 23.2. The van der Waals surface area contributed by atoms with Gasteiger partial charge in [0.2, 0.25) is 11.8 Å². The van der Waals surface area contributed by atoms with Crippen molar-refractivity contribution in [3.63, 3.8) is 0 Å². The van der Waals surface area contributed by atoms with Crippen molar-refractivity contribution in [1.82, 2.24) is 30.2 Å². The molecule has 24 nitrogen and oxygen atoms in total. The molecule has 2 aromatic heterocycles. The molecule has 28 heteroatoms. The summed E-state index contributed by atoms with van der Waals surface area (Å²) < 4.78 is 62.3. The van der Waals surface area contributed by atoms with Gasteiger partial charge in [-0.15, -0.1) is 0 Å². The first-order chi connectivity index (χ1) is 27.2. The molecular weight excluding hydrogens is 853 g/mol. The van der Waals surface area contributed by atoms with Gasteiger partial charge in [0.15, 0.2) is 17.7 Å². The highest BCUT2D eigenvalue weighted by molar-refractivity contribution is 7.99. The van der Waals surface area contributed by atoms with Crippen LogP contribution in [0.4, 0.5) is 5.82 Å². The van der Waals surface area contributed by atoms with Gasteiger partial charge in [0.25, 0.3) is 0 Å². The zero-order valence-electron chi connectivity index (χ0n) is 32.1. The molecule has 7 atom stereocenters. The fraction of sp³-hybridized carbons (Fsp3) is 0.767. The Balaban J connectivity index is 1.41. The van der Waals surface area contributed by atoms with Crippen molar-refractivity contribution < 1.29 is 75.7 Å². The summed E-state index contributed by atoms with van der Waals surface area (Å²) in [6.45, 7) is 1.67. The molecule has 2 aromatic rings. The van der Waals surface area contributed by atoms with E-state index in [0.717, 1.165) is 48.1 Å². The number of ether oxygens (including phenoxy) is 1. The van der Waals surface area contributed by atoms with Crippen LogP contribution >= 0.6 is 35.2 Å². The van der Waals surface area contributed by atoms with Crippen LogP contribution in [-0.4, -0.2) is 130 Å². The minimum atomic E-state index is -5.55. The summed E-state index contributed by atoms with van der Waals surface area (Å²) in [4.78, 5) is 75.8. The Bertz CT molecular complexity index is 1770. The van der Waals surface area contributed by atoms with E-state index < -0.39 is 78.6 Å². The molecule has 332 valence electrons. The monoisotopic (exact) mass is 908 g/mol. The number of carbonyl (C=O) groups excluding carboxylic acids is 2. The number of unbranched alkanes of at least 4 members (excludes halogenated alkanes) is 6. The first-order valence-electron chi connectivity index (χ1n) is 18.3. The van der Waals surface area contributed by atoms with Crippen molar-refractivity contribution in [2.45, 2.75) is 95.9 Å². The summed E-state index contributed by atoms with van der Waals surface area (Å²) >= 11 is 1.74. The van der Waals surface area contributed by atoms with Crippen molar-refractivity contribution in [3.8, 4) is 0 Å². The van der Waals surface area contributed by atoms with Gasteiger partial charge in [0, 0.05) is 30.7 Å². The lowest BCUT2D eigenvalue weighted by molar-refractivity contribution is -0.137. The minimum Gasteiger partial charge on any atom is -0.386 e. The van der Waals surface area contributed by atoms with Gasteiger partial charge in [-0.1, -0.05) is 46.0 Å². The van der Waals surface area contributed by atoms with Crippen LogP contribution in [0.15, 0.2) is 12.7 Å². The molecule has 3 rings (SSSR count). The van der Waals surface area contributed by atoms with Gasteiger partial charge in [0.05, 0.1) is 19.5 Å². The zero-order valence-corrected chi connectivity index (χ0v) is 35.6. The maximum absolute atomic E-state index is 12.7. The van der Waals surface area contributed by atoms with Crippen LogP contribution in [-0.2, 0) is 45.9 Å². The number of aliphatic hydroxyl groups is 2. The number of aliphatic hydroxyl groups excluding tert-OH is 2. The van der Waals surface area contributed by atoms with Crippen LogP contribution in [0.5, 0.6) is 0 Å². The molecule has 58 heavy (non-hydrogen) atoms. The number of carbonyl (C=O) groups is 2. The molecule has 0 radical (unpaired) electrons. The van der Waals surface area contributed by atoms with Crippen LogP contribution in [0, 0.1) is 5.41 Å². The Labute approximate surface area is 339 Å². The molecule has 2 amide bonds. The first kappa shape index (κ1) is 50.2. The van der Waals surface area contributed by atoms with E-state index in [2.05, 4.69) is 34.4 Å². The number of nitrogens with one attached hydrogen (secondary N) is 2. The number of thioether (sulfide) groups is 1. The third-order valence-electron chi connectivity index (χ3n) is 8.64. The smallest absolute Gasteiger partial charge is 0.386 e. The number of nitrogens with zero attached hydrogens (tertiary/aromatic N) is 4. The van der Waals surface area contributed by atoms with E-state index in [1.807, 2.05) is 0 Å². The number of phosphoric ester groups is 3. The number of imidazole rings is 1. The molecule has 1 aliphatic heterocycles. The Hall–Kier alpha value is -2.15. The van der Waals surface area contributed by atoms with E-state index in [0.29, 0.717) is 6.54 Å². The second-order valence-corrected chi connectivity index (χ2v) is 19.4. The minimum absolute atomic E-state index is 0.0342. The summed E-state index contributed by atoms with van der Waals surface area (Å²) in [6, 6.07) is 0. The number of hydrogen-bond acceptors (Lipinski definition) is 18. The van der Waals surface area contributed by atoms with E-state index in [4.69, 9.17) is 25.3 Å². The van der Waals surface area contributed by atoms with Crippen LogP contribution in [0.25, 0.3) is 11.2 Å². The van der Waals surface area contributed by atoms with E-state index in [-0.39, 0.29) is 35.9 Å². The van der Waals surface area contributed by atoms with Gasteiger partial charge in [-0.25, -0.2) is 28.6 Å². The van der Waals surface area contributed by atoms with Crippen LogP contribution in [0.1, 0.15) is 71.4 Å². The van der Waals surface area contributed by atoms with E-state index >= 15 is 0 Å². The van der Waals surface area contributed by atoms with Gasteiger partial charge >= 0.3 is 23.5 Å². The molecule has 0 saturated carbocycles. The van der Waals surface area contributed by atoms with E-state index in [9.17, 15) is 53.1 Å². The number of phosphoric acid groups is 3. The summed E-state index contributed by atoms with van der Waals surface area (Å²) in [6.07, 6.45) is 1.44. The molecule has 0 spiro atoms. The Morgan fingerprint density at radius 3 is 2.29 bits per heavy atom. The largest absolute Gasteiger partial charge is 0.481 e. The number of nitrogens with two attached hydrogens (primary N) is 2. The quantitative estimate of drug-likeness (QED) is 0.0417. The molecule has 1 fully saturated rings. The maximum atomic E-state index is 12.7. The van der Waals surface area contributed by atoms with Crippen molar-refractivity contribution in [3.05, 3.63) is 12.7 Å². The standard InChI is InChI=1S/C30H55N8O16P3S/c1-30(2,25(41)28(42)34-12-10-21(39)33-13-15-58-14-9-7-5-3-4-6-8-11-31)17-51-57(48,49)54-56(46,47)50-16-20-24(53-55(43,44)45)23(40)29(52-20)38-19-37-22-26(32)35-18-36-27(22)38/h18-20,23-25,29,40-41H,3-17,31H2,1-2H3,(H,33,39)(H,34,42)(H,46,47)(H,48,49)(H2,32,35,36)(H2,43,44,45)/t20-,23-,24-,25+,29-/m1/s1. The molecule has 1 saturated heterocycles. The molecular formula is C30H55N8O16P3S. The molecule has 12 N–H and O–H groups in total. The van der Waals surface area contributed by atoms with Crippen LogP contribution in [0.3, 0.4) is 0 Å². The van der Waals surface area contributed by atoms with Crippen molar-refractivity contribution in [1.29, 1.82) is 0 Å². The molecule has 0 aromatic carbocycles. The lowest BCUT2D eigenvalue weighted by atomic mass is 9.87. The number of amides is 2.